The molecule has 1 N–H and O–H groups in total. The van der Waals surface area contributed by atoms with Crippen molar-refractivity contribution in [3.8, 4) is 0 Å². The second-order valence-electron chi connectivity index (χ2n) is 7.38. The second kappa shape index (κ2) is 9.65. The largest absolute Gasteiger partial charge is 0.362 e. The van der Waals surface area contributed by atoms with Crippen LogP contribution in [0.2, 0.25) is 0 Å². The summed E-state index contributed by atoms with van der Waals surface area (Å²) in [6, 6.07) is 8.46. The first-order valence-electron chi connectivity index (χ1n) is 10.1. The highest BCUT2D eigenvalue weighted by molar-refractivity contribution is 7.80. The number of hydrogen-bond donors (Lipinski definition) is 1. The first-order valence-corrected chi connectivity index (χ1v) is 11.3. The van der Waals surface area contributed by atoms with Crippen LogP contribution >= 0.6 is 23.6 Å². The van der Waals surface area contributed by atoms with Gasteiger partial charge in [-0.25, -0.2) is 4.98 Å². The summed E-state index contributed by atoms with van der Waals surface area (Å²) in [5, 5.41) is 5.78. The molecule has 0 bridgehead atoms. The number of unbranched alkanes of at least 4 members (excludes halogenated alkanes) is 1. The molecule has 26 heavy (non-hydrogen) atoms. The zero-order chi connectivity index (χ0) is 18.4. The van der Waals surface area contributed by atoms with Crippen molar-refractivity contribution in [2.24, 2.45) is 5.92 Å². The summed E-state index contributed by atoms with van der Waals surface area (Å²) in [7, 11) is 0. The number of aromatic nitrogens is 1. The third-order valence-corrected chi connectivity index (χ3v) is 7.13. The highest BCUT2D eigenvalue weighted by Crippen LogP contribution is 2.33. The van der Waals surface area contributed by atoms with E-state index in [1.165, 1.54) is 35.4 Å². The Labute approximate surface area is 167 Å². The molecule has 3 rings (SSSR count). The normalized spacial score (nSPS) is 16.8. The van der Waals surface area contributed by atoms with Gasteiger partial charge < -0.3 is 10.2 Å². The number of thiocarbonyl (C=S) groups is 1. The molecule has 5 heteroatoms. The van der Waals surface area contributed by atoms with E-state index in [4.69, 9.17) is 17.2 Å². The number of fused-ring (bicyclic) bond motifs is 1. The van der Waals surface area contributed by atoms with Crippen LogP contribution in [0.3, 0.4) is 0 Å². The van der Waals surface area contributed by atoms with Gasteiger partial charge in [-0.05, 0) is 49.5 Å². The monoisotopic (exact) mass is 389 g/mol. The lowest BCUT2D eigenvalue weighted by atomic mass is 9.97. The minimum absolute atomic E-state index is 0.583. The lowest BCUT2D eigenvalue weighted by molar-refractivity contribution is 0.306. The van der Waals surface area contributed by atoms with Crippen LogP contribution in [-0.2, 0) is 0 Å². The number of nitrogens with one attached hydrogen (secondary N) is 1. The van der Waals surface area contributed by atoms with Crippen LogP contribution in [0.4, 0.5) is 0 Å². The fraction of sp³-hybridized carbons (Fsp3) is 0.619. The number of benzene rings is 1. The summed E-state index contributed by atoms with van der Waals surface area (Å²) in [5.74, 6) is 1.33. The SMILES string of the molecule is CCCC[C@H](CC)CNC(=S)N1CCC(c2nc3ccccc3s2)CC1. The van der Waals surface area contributed by atoms with Crippen LogP contribution in [-0.4, -0.2) is 34.6 Å². The van der Waals surface area contributed by atoms with Gasteiger partial charge >= 0.3 is 0 Å². The summed E-state index contributed by atoms with van der Waals surface area (Å²) in [4.78, 5) is 7.21. The van der Waals surface area contributed by atoms with Gasteiger partial charge in [-0.15, -0.1) is 11.3 Å². The number of nitrogens with zero attached hydrogens (tertiary/aromatic N) is 2. The minimum Gasteiger partial charge on any atom is -0.362 e. The smallest absolute Gasteiger partial charge is 0.168 e. The van der Waals surface area contributed by atoms with E-state index < -0.39 is 0 Å². The topological polar surface area (TPSA) is 28.2 Å². The Morgan fingerprint density at radius 3 is 2.77 bits per heavy atom. The fourth-order valence-electron chi connectivity index (χ4n) is 3.68. The van der Waals surface area contributed by atoms with E-state index >= 15 is 0 Å². The Hall–Kier alpha value is -1.20. The molecule has 2 heterocycles. The molecule has 1 aliphatic heterocycles. The quantitative estimate of drug-likeness (QED) is 0.627. The van der Waals surface area contributed by atoms with Crippen LogP contribution in [0.1, 0.15) is 63.3 Å². The van der Waals surface area contributed by atoms with Gasteiger partial charge in [0, 0.05) is 25.6 Å². The zero-order valence-corrected chi connectivity index (χ0v) is 17.7. The average molecular weight is 390 g/mol. The molecular weight excluding hydrogens is 358 g/mol. The molecule has 0 radical (unpaired) electrons. The van der Waals surface area contributed by atoms with Crippen LogP contribution in [0.25, 0.3) is 10.2 Å². The van der Waals surface area contributed by atoms with E-state index in [2.05, 4.69) is 48.3 Å². The van der Waals surface area contributed by atoms with E-state index in [0.717, 1.165) is 49.0 Å². The van der Waals surface area contributed by atoms with E-state index in [-0.39, 0.29) is 0 Å². The first kappa shape index (κ1) is 19.6. The summed E-state index contributed by atoms with van der Waals surface area (Å²) >= 11 is 7.52. The van der Waals surface area contributed by atoms with Crippen molar-refractivity contribution in [2.45, 2.75) is 58.3 Å². The lowest BCUT2D eigenvalue weighted by Crippen LogP contribution is -2.45. The molecule has 0 amide bonds. The van der Waals surface area contributed by atoms with Crippen molar-refractivity contribution >= 4 is 38.9 Å². The number of thiazole rings is 1. The molecule has 0 spiro atoms. The standard InChI is InChI=1S/C21H31N3S2/c1-3-5-8-16(4-2)15-22-21(25)24-13-11-17(12-14-24)20-23-18-9-6-7-10-19(18)26-20/h6-7,9-10,16-17H,3-5,8,11-15H2,1-2H3,(H,22,25)/t16-/m0/s1. The zero-order valence-electron chi connectivity index (χ0n) is 16.0. The third kappa shape index (κ3) is 4.95. The Morgan fingerprint density at radius 2 is 2.08 bits per heavy atom. The molecule has 1 saturated heterocycles. The van der Waals surface area contributed by atoms with Crippen LogP contribution < -0.4 is 5.32 Å². The van der Waals surface area contributed by atoms with E-state index in [9.17, 15) is 0 Å². The Morgan fingerprint density at radius 1 is 1.31 bits per heavy atom. The summed E-state index contributed by atoms with van der Waals surface area (Å²) in [6.07, 6.45) is 7.43. The summed E-state index contributed by atoms with van der Waals surface area (Å²) in [6.45, 7) is 7.65. The molecule has 1 fully saturated rings. The van der Waals surface area contributed by atoms with Crippen LogP contribution in [0.5, 0.6) is 0 Å². The predicted octanol–water partition coefficient (Wildman–Crippen LogP) is 5.57. The van der Waals surface area contributed by atoms with Crippen molar-refractivity contribution in [2.75, 3.05) is 19.6 Å². The van der Waals surface area contributed by atoms with Crippen molar-refractivity contribution in [3.63, 3.8) is 0 Å². The molecule has 1 atom stereocenters. The lowest BCUT2D eigenvalue weighted by Gasteiger charge is -2.33. The molecule has 0 aliphatic carbocycles. The van der Waals surface area contributed by atoms with Gasteiger partial charge in [-0.2, -0.15) is 0 Å². The highest BCUT2D eigenvalue weighted by atomic mass is 32.1. The fourth-order valence-corrected chi connectivity index (χ4v) is 5.08. The van der Waals surface area contributed by atoms with E-state index in [0.29, 0.717) is 5.92 Å². The van der Waals surface area contributed by atoms with Gasteiger partial charge in [0.1, 0.15) is 0 Å². The maximum atomic E-state index is 5.66. The Kier molecular flexibility index (Phi) is 7.26. The van der Waals surface area contributed by atoms with Crippen LogP contribution in [0.15, 0.2) is 24.3 Å². The minimum atomic E-state index is 0.583. The maximum Gasteiger partial charge on any atom is 0.168 e. The molecule has 1 aliphatic rings. The van der Waals surface area contributed by atoms with Crippen molar-refractivity contribution in [3.05, 3.63) is 29.3 Å². The second-order valence-corrected chi connectivity index (χ2v) is 8.83. The number of para-hydroxylation sites is 1. The number of rotatable bonds is 7. The van der Waals surface area contributed by atoms with Crippen molar-refractivity contribution in [1.82, 2.24) is 15.2 Å². The van der Waals surface area contributed by atoms with Crippen molar-refractivity contribution in [1.29, 1.82) is 0 Å². The van der Waals surface area contributed by atoms with Crippen molar-refractivity contribution < 1.29 is 0 Å². The molecule has 3 nitrogen and oxygen atoms in total. The van der Waals surface area contributed by atoms with E-state index in [1.54, 1.807) is 0 Å². The van der Waals surface area contributed by atoms with Gasteiger partial charge in [0.15, 0.2) is 5.11 Å². The highest BCUT2D eigenvalue weighted by Gasteiger charge is 2.24. The van der Waals surface area contributed by atoms with Gasteiger partial charge in [0.2, 0.25) is 0 Å². The Bertz CT molecular complexity index is 671. The van der Waals surface area contributed by atoms with Gasteiger partial charge in [0.05, 0.1) is 15.2 Å². The molecule has 1 aromatic heterocycles. The molecule has 142 valence electrons. The summed E-state index contributed by atoms with van der Waals surface area (Å²) < 4.78 is 1.31. The molecule has 1 aromatic carbocycles. The first-order chi connectivity index (χ1) is 12.7. The van der Waals surface area contributed by atoms with Gasteiger partial charge in [-0.1, -0.05) is 45.2 Å². The average Bonchev–Trinajstić information content (AvgIpc) is 3.12. The predicted molar refractivity (Wildman–Crippen MR) is 117 cm³/mol. The molecule has 0 unspecified atom stereocenters. The summed E-state index contributed by atoms with van der Waals surface area (Å²) in [5.41, 5.74) is 1.14. The number of piperidine rings is 1. The van der Waals surface area contributed by atoms with Crippen LogP contribution in [0, 0.1) is 5.92 Å². The molecular formula is C21H31N3S2. The maximum absolute atomic E-state index is 5.66. The number of likely N-dealkylation sites (tertiary alicyclic amines) is 1. The molecule has 2 aromatic rings. The van der Waals surface area contributed by atoms with Gasteiger partial charge in [0.25, 0.3) is 0 Å². The number of hydrogen-bond acceptors (Lipinski definition) is 3. The van der Waals surface area contributed by atoms with Gasteiger partial charge in [-0.3, -0.25) is 0 Å². The van der Waals surface area contributed by atoms with E-state index in [1.807, 2.05) is 11.3 Å². The third-order valence-electron chi connectivity index (χ3n) is 5.53. The Balaban J connectivity index is 1.47. The molecule has 0 saturated carbocycles.